The van der Waals surface area contributed by atoms with Crippen LogP contribution >= 0.6 is 0 Å². The minimum absolute atomic E-state index is 0.00406. The topological polar surface area (TPSA) is 105 Å². The number of para-hydroxylation sites is 2. The number of hydrogen-bond acceptors (Lipinski definition) is 5. The van der Waals surface area contributed by atoms with Gasteiger partial charge >= 0.3 is 0 Å². The van der Waals surface area contributed by atoms with E-state index in [1.807, 2.05) is 59.5 Å². The van der Waals surface area contributed by atoms with Crippen LogP contribution in [0.2, 0.25) is 0 Å². The zero-order chi connectivity index (χ0) is 25.3. The van der Waals surface area contributed by atoms with Crippen molar-refractivity contribution in [2.45, 2.75) is 38.6 Å². The first-order valence-electron chi connectivity index (χ1n) is 12.9. The first kappa shape index (κ1) is 25.7. The smallest absolute Gasteiger partial charge is 0.227 e. The van der Waals surface area contributed by atoms with Crippen LogP contribution in [0.4, 0.5) is 5.69 Å². The van der Waals surface area contributed by atoms with Crippen LogP contribution in [0.15, 0.2) is 54.6 Å². The van der Waals surface area contributed by atoms with Gasteiger partial charge in [0.2, 0.25) is 17.7 Å². The zero-order valence-corrected chi connectivity index (χ0v) is 20.7. The van der Waals surface area contributed by atoms with Crippen molar-refractivity contribution in [1.82, 2.24) is 9.80 Å². The number of rotatable bonds is 9. The lowest BCUT2D eigenvalue weighted by Gasteiger charge is -2.32. The van der Waals surface area contributed by atoms with Crippen molar-refractivity contribution >= 4 is 23.4 Å². The van der Waals surface area contributed by atoms with Crippen molar-refractivity contribution in [3.63, 3.8) is 0 Å². The van der Waals surface area contributed by atoms with Crippen LogP contribution in [-0.4, -0.2) is 60.3 Å². The van der Waals surface area contributed by atoms with E-state index in [4.69, 9.17) is 10.5 Å². The summed E-state index contributed by atoms with van der Waals surface area (Å²) in [6.45, 7) is 3.73. The molecule has 1 unspecified atom stereocenters. The molecule has 8 heteroatoms. The summed E-state index contributed by atoms with van der Waals surface area (Å²) in [6.07, 6.45) is 3.40. The molecule has 2 fully saturated rings. The highest BCUT2D eigenvalue weighted by molar-refractivity contribution is 5.93. The number of primary amides is 1. The monoisotopic (exact) mass is 492 g/mol. The molecule has 0 aliphatic carbocycles. The SMILES string of the molecule is NC(=O)C1CCCN(Cc2ccccc2NC(=O)C2CCN(C(=O)CCOc3ccccc3)CC2)C1. The van der Waals surface area contributed by atoms with E-state index in [9.17, 15) is 14.4 Å². The van der Waals surface area contributed by atoms with Gasteiger partial charge in [0.05, 0.1) is 18.9 Å². The van der Waals surface area contributed by atoms with Gasteiger partial charge in [0.25, 0.3) is 0 Å². The number of nitrogens with zero attached hydrogens (tertiary/aromatic N) is 2. The lowest BCUT2D eigenvalue weighted by Crippen LogP contribution is -2.42. The summed E-state index contributed by atoms with van der Waals surface area (Å²) in [4.78, 5) is 41.3. The summed E-state index contributed by atoms with van der Waals surface area (Å²) in [6, 6.07) is 17.3. The summed E-state index contributed by atoms with van der Waals surface area (Å²) in [5, 5.41) is 3.12. The quantitative estimate of drug-likeness (QED) is 0.560. The lowest BCUT2D eigenvalue weighted by molar-refractivity contribution is -0.135. The van der Waals surface area contributed by atoms with Gasteiger partial charge in [-0.2, -0.15) is 0 Å². The van der Waals surface area contributed by atoms with Gasteiger partial charge in [0.1, 0.15) is 5.75 Å². The van der Waals surface area contributed by atoms with E-state index in [2.05, 4.69) is 10.2 Å². The van der Waals surface area contributed by atoms with Crippen LogP contribution in [0, 0.1) is 11.8 Å². The Bertz CT molecular complexity index is 1040. The van der Waals surface area contributed by atoms with Gasteiger partial charge in [-0.25, -0.2) is 0 Å². The van der Waals surface area contributed by atoms with Crippen molar-refractivity contribution in [2.24, 2.45) is 17.6 Å². The molecule has 2 aliphatic heterocycles. The Labute approximate surface area is 212 Å². The number of piperidine rings is 2. The number of anilines is 1. The second-order valence-corrected chi connectivity index (χ2v) is 9.69. The van der Waals surface area contributed by atoms with E-state index in [1.54, 1.807) is 0 Å². The first-order valence-corrected chi connectivity index (χ1v) is 12.9. The number of carbonyl (C=O) groups is 3. The molecule has 0 aromatic heterocycles. The van der Waals surface area contributed by atoms with Crippen LogP contribution in [-0.2, 0) is 20.9 Å². The fourth-order valence-corrected chi connectivity index (χ4v) is 5.01. The normalized spacial score (nSPS) is 19.0. The highest BCUT2D eigenvalue weighted by Crippen LogP contribution is 2.25. The molecule has 0 spiro atoms. The van der Waals surface area contributed by atoms with Crippen LogP contribution in [0.3, 0.4) is 0 Å². The molecule has 3 amide bonds. The Morgan fingerprint density at radius 3 is 2.39 bits per heavy atom. The van der Waals surface area contributed by atoms with Gasteiger partial charge in [0, 0.05) is 37.8 Å². The highest BCUT2D eigenvalue weighted by atomic mass is 16.5. The van der Waals surface area contributed by atoms with E-state index >= 15 is 0 Å². The minimum Gasteiger partial charge on any atom is -0.493 e. The maximum atomic E-state index is 13.0. The molecule has 2 aromatic rings. The molecule has 192 valence electrons. The second-order valence-electron chi connectivity index (χ2n) is 9.69. The van der Waals surface area contributed by atoms with E-state index in [-0.39, 0.29) is 29.6 Å². The standard InChI is InChI=1S/C28H36N4O4/c29-27(34)23-8-6-15-31(20-23)19-22-7-4-5-11-25(22)30-28(35)21-12-16-32(17-13-21)26(33)14-18-36-24-9-2-1-3-10-24/h1-5,7,9-11,21,23H,6,8,12-20H2,(H2,29,34)(H,30,35). The zero-order valence-electron chi connectivity index (χ0n) is 20.7. The van der Waals surface area contributed by atoms with Gasteiger partial charge in [-0.05, 0) is 56.0 Å². The summed E-state index contributed by atoms with van der Waals surface area (Å²) < 4.78 is 5.64. The van der Waals surface area contributed by atoms with Crippen LogP contribution in [0.1, 0.15) is 37.7 Å². The summed E-state index contributed by atoms with van der Waals surface area (Å²) in [5.74, 6) is 0.334. The van der Waals surface area contributed by atoms with Crippen LogP contribution < -0.4 is 15.8 Å². The number of benzene rings is 2. The maximum Gasteiger partial charge on any atom is 0.227 e. The van der Waals surface area contributed by atoms with Crippen molar-refractivity contribution in [3.05, 3.63) is 60.2 Å². The molecule has 2 aliphatic rings. The van der Waals surface area contributed by atoms with Crippen molar-refractivity contribution in [3.8, 4) is 5.75 Å². The van der Waals surface area contributed by atoms with E-state index < -0.39 is 0 Å². The van der Waals surface area contributed by atoms with Gasteiger partial charge in [-0.3, -0.25) is 19.3 Å². The third-order valence-corrected chi connectivity index (χ3v) is 7.12. The number of carbonyl (C=O) groups excluding carboxylic acids is 3. The Morgan fingerprint density at radius 1 is 0.917 bits per heavy atom. The lowest BCUT2D eigenvalue weighted by atomic mass is 9.95. The van der Waals surface area contributed by atoms with E-state index in [0.29, 0.717) is 52.0 Å². The van der Waals surface area contributed by atoms with Crippen molar-refractivity contribution in [2.75, 3.05) is 38.1 Å². The molecule has 3 N–H and O–H groups in total. The van der Waals surface area contributed by atoms with Gasteiger partial charge in [-0.15, -0.1) is 0 Å². The number of nitrogens with one attached hydrogen (secondary N) is 1. The Morgan fingerprint density at radius 2 is 1.64 bits per heavy atom. The molecule has 0 saturated carbocycles. The minimum atomic E-state index is -0.241. The van der Waals surface area contributed by atoms with Gasteiger partial charge in [-0.1, -0.05) is 36.4 Å². The second kappa shape index (κ2) is 12.5. The predicted octanol–water partition coefficient (Wildman–Crippen LogP) is 3.03. The number of hydrogen-bond donors (Lipinski definition) is 2. The molecule has 2 heterocycles. The third-order valence-electron chi connectivity index (χ3n) is 7.12. The van der Waals surface area contributed by atoms with Crippen molar-refractivity contribution < 1.29 is 19.1 Å². The van der Waals surface area contributed by atoms with E-state index in [1.165, 1.54) is 0 Å². The number of nitrogens with two attached hydrogens (primary N) is 1. The van der Waals surface area contributed by atoms with Crippen LogP contribution in [0.25, 0.3) is 0 Å². The number of likely N-dealkylation sites (tertiary alicyclic amines) is 2. The molecule has 36 heavy (non-hydrogen) atoms. The Hall–Kier alpha value is -3.39. The van der Waals surface area contributed by atoms with E-state index in [0.717, 1.165) is 36.4 Å². The molecule has 0 bridgehead atoms. The highest BCUT2D eigenvalue weighted by Gasteiger charge is 2.28. The molecule has 4 rings (SSSR count). The van der Waals surface area contributed by atoms with Crippen LogP contribution in [0.5, 0.6) is 5.75 Å². The molecule has 2 saturated heterocycles. The summed E-state index contributed by atoms with van der Waals surface area (Å²) in [7, 11) is 0. The maximum absolute atomic E-state index is 13.0. The molecule has 2 aromatic carbocycles. The fraction of sp³-hybridized carbons (Fsp3) is 0.464. The average molecular weight is 493 g/mol. The fourth-order valence-electron chi connectivity index (χ4n) is 5.01. The average Bonchev–Trinajstić information content (AvgIpc) is 2.90. The largest absolute Gasteiger partial charge is 0.493 e. The Kier molecular flexibility index (Phi) is 8.95. The molecule has 0 radical (unpaired) electrons. The Balaban J connectivity index is 1.24. The summed E-state index contributed by atoms with van der Waals surface area (Å²) >= 11 is 0. The third kappa shape index (κ3) is 7.07. The predicted molar refractivity (Wildman–Crippen MR) is 138 cm³/mol. The number of ether oxygens (including phenoxy) is 1. The molecular weight excluding hydrogens is 456 g/mol. The number of amides is 3. The summed E-state index contributed by atoms with van der Waals surface area (Å²) in [5.41, 5.74) is 7.36. The van der Waals surface area contributed by atoms with Gasteiger partial charge in [0.15, 0.2) is 0 Å². The first-order chi connectivity index (χ1) is 17.5. The molecule has 8 nitrogen and oxygen atoms in total. The molecule has 1 atom stereocenters. The molecular formula is C28H36N4O4. The van der Waals surface area contributed by atoms with Crippen molar-refractivity contribution in [1.29, 1.82) is 0 Å². The van der Waals surface area contributed by atoms with Gasteiger partial charge < -0.3 is 20.7 Å².